The minimum absolute atomic E-state index is 0. The Labute approximate surface area is 178 Å². The van der Waals surface area contributed by atoms with Crippen molar-refractivity contribution in [2.75, 3.05) is 7.11 Å². The fourth-order valence-electron chi connectivity index (χ4n) is 1.97. The number of nitrogens with two attached hydrogens (primary N) is 1. The number of rotatable bonds is 4. The molecule has 0 saturated carbocycles. The van der Waals surface area contributed by atoms with Crippen LogP contribution in [0.2, 0.25) is 0 Å². The van der Waals surface area contributed by atoms with Crippen LogP contribution in [0.15, 0.2) is 77.2 Å². The van der Waals surface area contributed by atoms with E-state index in [2.05, 4.69) is 20.2 Å². The van der Waals surface area contributed by atoms with Gasteiger partial charge in [0, 0.05) is 12.4 Å². The van der Waals surface area contributed by atoms with Crippen LogP contribution in [0.3, 0.4) is 0 Å². The number of pyridine rings is 2. The molecule has 10 heteroatoms. The summed E-state index contributed by atoms with van der Waals surface area (Å²) < 4.78 is 4.82. The van der Waals surface area contributed by atoms with Gasteiger partial charge in [0.1, 0.15) is 5.75 Å². The molecule has 0 fully saturated rings. The molecule has 9 nitrogen and oxygen atoms in total. The topological polar surface area (TPSA) is 163 Å². The van der Waals surface area contributed by atoms with Gasteiger partial charge < -0.3 is 26.2 Å². The molecule has 0 aliphatic carbocycles. The van der Waals surface area contributed by atoms with Crippen LogP contribution in [0.25, 0.3) is 11.4 Å². The van der Waals surface area contributed by atoms with E-state index in [-0.39, 0.29) is 39.6 Å². The van der Waals surface area contributed by atoms with Crippen molar-refractivity contribution in [3.8, 4) is 22.9 Å². The van der Waals surface area contributed by atoms with Gasteiger partial charge in [-0.2, -0.15) is 5.10 Å². The maximum atomic E-state index is 11.5. The van der Waals surface area contributed by atoms with E-state index < -0.39 is 6.02 Å². The van der Waals surface area contributed by atoms with Crippen LogP contribution < -0.4 is 20.7 Å². The number of nitrogens with zero attached hydrogens (tertiary/aromatic N) is 4. The van der Waals surface area contributed by atoms with Crippen molar-refractivity contribution in [2.24, 2.45) is 15.9 Å². The maximum Gasteiger partial charge on any atom is 2.00 e. The van der Waals surface area contributed by atoms with E-state index in [1.807, 2.05) is 36.4 Å². The second kappa shape index (κ2) is 13.7. The summed E-state index contributed by atoms with van der Waals surface area (Å²) in [6, 6.07) is 15.4. The second-order valence-electron chi connectivity index (χ2n) is 4.99. The molecule has 1 radical (unpaired) electrons. The predicted molar refractivity (Wildman–Crippen MR) is 103 cm³/mol. The molecule has 1 aromatic carbocycles. The molecular formula is C19H19CuN5O4. The van der Waals surface area contributed by atoms with Crippen molar-refractivity contribution in [3.05, 3.63) is 72.6 Å². The van der Waals surface area contributed by atoms with Crippen LogP contribution in [0, 0.1) is 0 Å². The predicted octanol–water partition coefficient (Wildman–Crippen LogP) is 0.0941. The van der Waals surface area contributed by atoms with Gasteiger partial charge in [-0.3, -0.25) is 9.97 Å². The Hall–Kier alpha value is -3.46. The molecule has 0 unspecified atom stereocenters. The van der Waals surface area contributed by atoms with E-state index in [1.165, 1.54) is 19.2 Å². The van der Waals surface area contributed by atoms with Gasteiger partial charge in [0.2, 0.25) is 0 Å². The summed E-state index contributed by atoms with van der Waals surface area (Å²) in [7, 11) is 1.39. The number of para-hydroxylation sites is 1. The standard InChI is InChI=1S/C10H8N2.C9H11N3O3.Cu.H2O/c1-3-7-11-9(5-1)10-6-2-4-8-12-10;1-15-7-4-2-3-6(8(7)13)5-11-12-9(10)14;;/h1-8H;2-5,13H,1H3,(H3,10,12,14);;1H2/q;;+2;/p-2. The summed E-state index contributed by atoms with van der Waals surface area (Å²) >= 11 is 0. The van der Waals surface area contributed by atoms with E-state index in [9.17, 15) is 10.2 Å². The Morgan fingerprint density at radius 3 is 2.03 bits per heavy atom. The van der Waals surface area contributed by atoms with Gasteiger partial charge in [-0.15, -0.1) is 5.10 Å². The van der Waals surface area contributed by atoms with Crippen molar-refractivity contribution in [1.82, 2.24) is 9.97 Å². The van der Waals surface area contributed by atoms with Gasteiger partial charge >= 0.3 is 17.1 Å². The molecule has 3 rings (SSSR count). The van der Waals surface area contributed by atoms with Crippen LogP contribution in [0.4, 0.5) is 0 Å². The van der Waals surface area contributed by atoms with Crippen molar-refractivity contribution in [1.29, 1.82) is 0 Å². The van der Waals surface area contributed by atoms with E-state index in [4.69, 9.17) is 10.5 Å². The monoisotopic (exact) mass is 444 g/mol. The van der Waals surface area contributed by atoms with Crippen LogP contribution in [0.5, 0.6) is 11.5 Å². The van der Waals surface area contributed by atoms with Crippen LogP contribution in [-0.2, 0) is 17.1 Å². The Kier molecular flexibility index (Phi) is 12.0. The van der Waals surface area contributed by atoms with Crippen LogP contribution in [0.1, 0.15) is 5.56 Å². The normalized spacial score (nSPS) is 10.2. The molecule has 0 saturated heterocycles. The maximum absolute atomic E-state index is 11.5. The zero-order valence-corrected chi connectivity index (χ0v) is 16.3. The molecule has 3 aromatic rings. The van der Waals surface area contributed by atoms with Crippen molar-refractivity contribution in [3.63, 3.8) is 0 Å². The minimum Gasteiger partial charge on any atom is -0.870 e. The Morgan fingerprint density at radius 2 is 1.59 bits per heavy atom. The van der Waals surface area contributed by atoms with E-state index in [0.717, 1.165) is 17.6 Å². The van der Waals surface area contributed by atoms with E-state index >= 15 is 0 Å². The third kappa shape index (κ3) is 8.39. The number of hydrogen-bond donors (Lipinski definition) is 1. The molecular weight excluding hydrogens is 426 g/mol. The zero-order valence-electron chi connectivity index (χ0n) is 15.3. The summed E-state index contributed by atoms with van der Waals surface area (Å²) in [6.45, 7) is 0. The molecule has 0 aliphatic rings. The third-order valence-electron chi connectivity index (χ3n) is 3.17. The Balaban J connectivity index is 0.000000514. The quantitative estimate of drug-likeness (QED) is 0.259. The SMILES string of the molecule is COc1cccc(C=N/N=C(/N)[O-])c1[O-].O.[Cu+2].c1ccc(-c2ccccn2)nc1. The zero-order chi connectivity index (χ0) is 19.5. The first-order valence-corrected chi connectivity index (χ1v) is 7.81. The summed E-state index contributed by atoms with van der Waals surface area (Å²) in [5.74, 6) is -0.110. The largest absolute Gasteiger partial charge is 2.00 e. The Bertz CT molecular complexity index is 867. The average Bonchev–Trinajstić information content (AvgIpc) is 2.71. The molecule has 4 N–H and O–H groups in total. The van der Waals surface area contributed by atoms with Crippen LogP contribution in [-0.4, -0.2) is 34.8 Å². The van der Waals surface area contributed by atoms with Crippen molar-refractivity contribution in [2.45, 2.75) is 0 Å². The second-order valence-corrected chi connectivity index (χ2v) is 4.99. The first-order chi connectivity index (χ1) is 13.1. The van der Waals surface area contributed by atoms with E-state index in [0.29, 0.717) is 0 Å². The van der Waals surface area contributed by atoms with Crippen molar-refractivity contribution < 1.29 is 37.5 Å². The smallest absolute Gasteiger partial charge is 0.870 e. The summed E-state index contributed by atoms with van der Waals surface area (Å²) in [5.41, 5.74) is 6.84. The first kappa shape index (κ1) is 25.5. The molecule has 2 heterocycles. The van der Waals surface area contributed by atoms with Gasteiger partial charge in [0.25, 0.3) is 0 Å². The molecule has 2 aromatic heterocycles. The molecule has 0 aliphatic heterocycles. The van der Waals surface area contributed by atoms with E-state index in [1.54, 1.807) is 18.5 Å². The molecule has 0 atom stereocenters. The molecule has 29 heavy (non-hydrogen) atoms. The molecule has 0 bridgehead atoms. The van der Waals surface area contributed by atoms with Gasteiger partial charge in [0.15, 0.2) is 0 Å². The number of aromatic nitrogens is 2. The number of benzene rings is 1. The molecule has 155 valence electrons. The minimum atomic E-state index is -0.915. The van der Waals surface area contributed by atoms with Gasteiger partial charge in [-0.1, -0.05) is 30.0 Å². The number of ether oxygens (including phenoxy) is 1. The fourth-order valence-corrected chi connectivity index (χ4v) is 1.97. The fraction of sp³-hybridized carbons (Fsp3) is 0.0526. The third-order valence-corrected chi connectivity index (χ3v) is 3.17. The van der Waals surface area contributed by atoms with Crippen molar-refractivity contribution >= 4 is 12.2 Å². The summed E-state index contributed by atoms with van der Waals surface area (Å²) in [4.78, 5) is 8.37. The average molecular weight is 445 g/mol. The first-order valence-electron chi connectivity index (χ1n) is 7.81. The van der Waals surface area contributed by atoms with Gasteiger partial charge in [-0.25, -0.2) is 0 Å². The number of methoxy groups -OCH3 is 1. The van der Waals surface area contributed by atoms with Crippen LogP contribution >= 0.6 is 0 Å². The Morgan fingerprint density at radius 1 is 1.00 bits per heavy atom. The van der Waals surface area contributed by atoms with Gasteiger partial charge in [0.05, 0.1) is 30.7 Å². The molecule has 0 amide bonds. The number of hydrogen-bond acceptors (Lipinski definition) is 7. The summed E-state index contributed by atoms with van der Waals surface area (Å²) in [5, 5.41) is 28.1. The number of amidine groups is 1. The summed E-state index contributed by atoms with van der Waals surface area (Å²) in [6.07, 6.45) is 4.68. The van der Waals surface area contributed by atoms with Gasteiger partial charge in [-0.05, 0) is 35.9 Å². The molecule has 0 spiro atoms.